The molecule has 0 spiro atoms. The van der Waals surface area contributed by atoms with Crippen LogP contribution in [0.15, 0.2) is 13.4 Å². The predicted molar refractivity (Wildman–Crippen MR) is 66.5 cm³/mol. The van der Waals surface area contributed by atoms with Crippen molar-refractivity contribution in [1.82, 2.24) is 0 Å². The van der Waals surface area contributed by atoms with Gasteiger partial charge in [0.1, 0.15) is 0 Å². The second kappa shape index (κ2) is 4.70. The highest BCUT2D eigenvalue weighted by molar-refractivity contribution is 9.14. The van der Waals surface area contributed by atoms with Gasteiger partial charge in [0.05, 0.1) is 24.6 Å². The first kappa shape index (κ1) is 12.8. The molecule has 0 saturated heterocycles. The quantitative estimate of drug-likeness (QED) is 0.507. The first-order valence-corrected chi connectivity index (χ1v) is 6.26. The smallest absolute Gasteiger partial charge is 0.338 e. The molecule has 0 saturated carbocycles. The van der Waals surface area contributed by atoms with E-state index in [0.29, 0.717) is 13.4 Å². The lowest BCUT2D eigenvalue weighted by Crippen LogP contribution is -2.00. The largest absolute Gasteiger partial charge is 0.478 e. The number of benzene rings is 1. The van der Waals surface area contributed by atoms with E-state index in [1.54, 1.807) is 0 Å². The molecule has 0 aliphatic carbocycles. The van der Waals surface area contributed by atoms with E-state index >= 15 is 0 Å². The van der Waals surface area contributed by atoms with Crippen molar-refractivity contribution in [3.8, 4) is 0 Å². The van der Waals surface area contributed by atoms with Crippen molar-refractivity contribution in [3.05, 3.63) is 29.0 Å². The number of aromatic carboxylic acids is 1. The first-order chi connectivity index (χ1) is 6.37. The molecule has 0 amide bonds. The van der Waals surface area contributed by atoms with Crippen LogP contribution < -0.4 is 0 Å². The number of hydrogen-bond donors (Lipinski definition) is 1. The highest BCUT2D eigenvalue weighted by Crippen LogP contribution is 2.44. The third-order valence-corrected chi connectivity index (χ3v) is 6.08. The minimum absolute atomic E-state index is 0.0672. The number of carboxylic acids is 1. The van der Waals surface area contributed by atoms with Crippen molar-refractivity contribution in [3.63, 3.8) is 0 Å². The Kier molecular flexibility index (Phi) is 4.29. The molecule has 0 heterocycles. The number of rotatable bonds is 1. The lowest BCUT2D eigenvalue weighted by Gasteiger charge is -2.09. The Balaban J connectivity index is 3.68. The second-order valence-corrected chi connectivity index (χ2v) is 5.38. The van der Waals surface area contributed by atoms with Gasteiger partial charge in [-0.15, -0.1) is 0 Å². The number of hydrogen-bond acceptors (Lipinski definition) is 1. The van der Waals surface area contributed by atoms with Gasteiger partial charge in [-0.25, -0.2) is 4.79 Å². The summed E-state index contributed by atoms with van der Waals surface area (Å²) in [5, 5.41) is 8.99. The van der Waals surface area contributed by atoms with Crippen LogP contribution in [0.2, 0.25) is 10.0 Å². The molecule has 14 heavy (non-hydrogen) atoms. The van der Waals surface area contributed by atoms with Crippen LogP contribution >= 0.6 is 71.0 Å². The summed E-state index contributed by atoms with van der Waals surface area (Å²) in [6.45, 7) is 0. The topological polar surface area (TPSA) is 37.3 Å². The maximum Gasteiger partial charge on any atom is 0.338 e. The monoisotopic (exact) mass is 424 g/mol. The Morgan fingerprint density at radius 1 is 1.00 bits per heavy atom. The van der Waals surface area contributed by atoms with Gasteiger partial charge in [0.25, 0.3) is 0 Å². The summed E-state index contributed by atoms with van der Waals surface area (Å²) in [5.74, 6) is -1.17. The lowest BCUT2D eigenvalue weighted by molar-refractivity contribution is 0.0697. The van der Waals surface area contributed by atoms with Gasteiger partial charge in [-0.3, -0.25) is 0 Å². The molecule has 1 aromatic carbocycles. The molecule has 1 aromatic rings. The standard InChI is InChI=1S/C7HBr3Cl2O2/c8-2-3(9)5(11)1(7(13)14)6(12)4(2)10/h(H,13,14). The van der Waals surface area contributed by atoms with Crippen molar-refractivity contribution in [1.29, 1.82) is 0 Å². The normalized spacial score (nSPS) is 10.4. The minimum atomic E-state index is -1.17. The summed E-state index contributed by atoms with van der Waals surface area (Å²) >= 11 is 21.1. The van der Waals surface area contributed by atoms with E-state index in [9.17, 15) is 4.79 Å². The van der Waals surface area contributed by atoms with Gasteiger partial charge in [-0.1, -0.05) is 23.2 Å². The van der Waals surface area contributed by atoms with E-state index in [1.165, 1.54) is 0 Å². The van der Waals surface area contributed by atoms with E-state index in [-0.39, 0.29) is 15.6 Å². The molecule has 0 fully saturated rings. The van der Waals surface area contributed by atoms with E-state index in [4.69, 9.17) is 28.3 Å². The van der Waals surface area contributed by atoms with Crippen molar-refractivity contribution in [2.75, 3.05) is 0 Å². The molecule has 2 nitrogen and oxygen atoms in total. The molecule has 0 aromatic heterocycles. The molecule has 0 aliphatic heterocycles. The Labute approximate surface area is 115 Å². The summed E-state index contributed by atoms with van der Waals surface area (Å²) in [7, 11) is 0. The van der Waals surface area contributed by atoms with Crippen molar-refractivity contribution < 1.29 is 9.90 Å². The van der Waals surface area contributed by atoms with Gasteiger partial charge < -0.3 is 5.11 Å². The average Bonchev–Trinajstić information content (AvgIpc) is 2.11. The summed E-state index contributed by atoms with van der Waals surface area (Å²) in [6, 6.07) is 0. The van der Waals surface area contributed by atoms with Crippen molar-refractivity contribution in [2.45, 2.75) is 0 Å². The zero-order valence-electron chi connectivity index (χ0n) is 6.25. The summed E-state index contributed by atoms with van der Waals surface area (Å²) in [6.07, 6.45) is 0. The van der Waals surface area contributed by atoms with Crippen LogP contribution in [0.5, 0.6) is 0 Å². The van der Waals surface area contributed by atoms with Crippen LogP contribution in [0, 0.1) is 0 Å². The highest BCUT2D eigenvalue weighted by Gasteiger charge is 2.22. The zero-order chi connectivity index (χ0) is 11.0. The summed E-state index contributed by atoms with van der Waals surface area (Å²) in [4.78, 5) is 10.8. The molecular formula is C7HBr3Cl2O2. The fraction of sp³-hybridized carbons (Fsp3) is 0. The molecule has 1 N–H and O–H groups in total. The van der Waals surface area contributed by atoms with Crippen molar-refractivity contribution in [2.24, 2.45) is 0 Å². The lowest BCUT2D eigenvalue weighted by atomic mass is 10.2. The van der Waals surface area contributed by atoms with Crippen LogP contribution in [0.1, 0.15) is 10.4 Å². The Morgan fingerprint density at radius 3 is 1.64 bits per heavy atom. The fourth-order valence-corrected chi connectivity index (χ4v) is 3.06. The molecule has 7 heteroatoms. The minimum Gasteiger partial charge on any atom is -0.478 e. The van der Waals surface area contributed by atoms with Gasteiger partial charge in [0.2, 0.25) is 0 Å². The number of halogens is 5. The average molecular weight is 428 g/mol. The highest BCUT2D eigenvalue weighted by atomic mass is 79.9. The maximum absolute atomic E-state index is 10.8. The molecule has 0 atom stereocenters. The Hall–Kier alpha value is 0.710. The van der Waals surface area contributed by atoms with Crippen LogP contribution in [0.25, 0.3) is 0 Å². The third-order valence-electron chi connectivity index (χ3n) is 1.42. The van der Waals surface area contributed by atoms with E-state index in [0.717, 1.165) is 0 Å². The number of carbonyl (C=O) groups is 1. The summed E-state index contributed by atoms with van der Waals surface area (Å²) in [5.41, 5.74) is -0.129. The first-order valence-electron chi connectivity index (χ1n) is 3.12. The zero-order valence-corrected chi connectivity index (χ0v) is 12.5. The van der Waals surface area contributed by atoms with E-state index in [2.05, 4.69) is 47.8 Å². The number of carboxylic acid groups (broad SMARTS) is 1. The van der Waals surface area contributed by atoms with Gasteiger partial charge in [-0.05, 0) is 47.8 Å². The molecule has 76 valence electrons. The van der Waals surface area contributed by atoms with E-state index in [1.807, 2.05) is 0 Å². The van der Waals surface area contributed by atoms with E-state index < -0.39 is 5.97 Å². The molecule has 0 radical (unpaired) electrons. The Bertz CT molecular complexity index is 391. The van der Waals surface area contributed by atoms with Crippen molar-refractivity contribution >= 4 is 77.0 Å². The van der Waals surface area contributed by atoms with Crippen LogP contribution in [-0.2, 0) is 0 Å². The van der Waals surface area contributed by atoms with Gasteiger partial charge in [0, 0.05) is 4.47 Å². The summed E-state index contributed by atoms with van der Waals surface area (Å²) < 4.78 is 1.48. The van der Waals surface area contributed by atoms with Gasteiger partial charge in [0.15, 0.2) is 0 Å². The molecule has 0 aliphatic rings. The van der Waals surface area contributed by atoms with Gasteiger partial charge in [-0.2, -0.15) is 0 Å². The third kappa shape index (κ3) is 2.11. The Morgan fingerprint density at radius 2 is 1.36 bits per heavy atom. The molecular weight excluding hydrogens is 427 g/mol. The molecule has 1 rings (SSSR count). The maximum atomic E-state index is 10.8. The van der Waals surface area contributed by atoms with Gasteiger partial charge >= 0.3 is 5.97 Å². The van der Waals surface area contributed by atoms with Crippen LogP contribution in [0.4, 0.5) is 0 Å². The molecule has 0 bridgehead atoms. The SMILES string of the molecule is O=C(O)c1c(Cl)c(Br)c(Br)c(Br)c1Cl. The second-order valence-electron chi connectivity index (χ2n) is 2.25. The molecule has 0 unspecified atom stereocenters. The van der Waals surface area contributed by atoms with Crippen LogP contribution in [0.3, 0.4) is 0 Å². The fourth-order valence-electron chi connectivity index (χ4n) is 0.793. The van der Waals surface area contributed by atoms with Crippen LogP contribution in [-0.4, -0.2) is 11.1 Å². The predicted octanol–water partition coefficient (Wildman–Crippen LogP) is 4.98.